The topological polar surface area (TPSA) is 38.3 Å². The number of aryl methyl sites for hydroxylation is 2. The molecule has 1 unspecified atom stereocenters. The van der Waals surface area contributed by atoms with Crippen molar-refractivity contribution in [2.24, 2.45) is 0 Å². The summed E-state index contributed by atoms with van der Waals surface area (Å²) in [5.41, 5.74) is 3.03. The first-order chi connectivity index (χ1) is 10.5. The van der Waals surface area contributed by atoms with Gasteiger partial charge in [-0.25, -0.2) is 4.39 Å². The van der Waals surface area contributed by atoms with Crippen LogP contribution in [0.2, 0.25) is 0 Å². The number of benzene rings is 2. The summed E-state index contributed by atoms with van der Waals surface area (Å²) in [6.45, 7) is 5.89. The molecule has 2 aromatic carbocycles. The van der Waals surface area contributed by atoms with Gasteiger partial charge in [0, 0.05) is 5.69 Å². The highest BCUT2D eigenvalue weighted by Crippen LogP contribution is 2.17. The number of halogens is 1. The third-order valence-corrected chi connectivity index (χ3v) is 3.53. The van der Waals surface area contributed by atoms with Gasteiger partial charge in [0.1, 0.15) is 11.6 Å². The van der Waals surface area contributed by atoms with Gasteiger partial charge in [-0.05, 0) is 67.8 Å². The van der Waals surface area contributed by atoms with Gasteiger partial charge in [-0.1, -0.05) is 13.0 Å². The van der Waals surface area contributed by atoms with Crippen molar-refractivity contribution < 1.29 is 13.9 Å². The molecule has 116 valence electrons. The van der Waals surface area contributed by atoms with Crippen LogP contribution in [0.1, 0.15) is 24.5 Å². The van der Waals surface area contributed by atoms with E-state index in [2.05, 4.69) is 5.32 Å². The molecule has 0 saturated carbocycles. The van der Waals surface area contributed by atoms with Gasteiger partial charge in [0.15, 0.2) is 6.10 Å². The fourth-order valence-corrected chi connectivity index (χ4v) is 2.04. The van der Waals surface area contributed by atoms with E-state index in [-0.39, 0.29) is 11.7 Å². The van der Waals surface area contributed by atoms with E-state index in [1.54, 1.807) is 0 Å². The van der Waals surface area contributed by atoms with Crippen molar-refractivity contribution in [3.05, 3.63) is 59.4 Å². The standard InChI is InChI=1S/C18H20FNO2/c1-4-17(22-16-9-6-14(19)7-10-16)18(21)20-15-8-5-12(2)13(3)11-15/h5-11,17H,4H2,1-3H3,(H,20,21). The van der Waals surface area contributed by atoms with E-state index < -0.39 is 6.10 Å². The lowest BCUT2D eigenvalue weighted by molar-refractivity contribution is -0.122. The zero-order chi connectivity index (χ0) is 16.1. The van der Waals surface area contributed by atoms with E-state index in [0.29, 0.717) is 12.2 Å². The van der Waals surface area contributed by atoms with Gasteiger partial charge >= 0.3 is 0 Å². The molecule has 0 fully saturated rings. The molecule has 22 heavy (non-hydrogen) atoms. The third kappa shape index (κ3) is 4.07. The second-order valence-electron chi connectivity index (χ2n) is 5.26. The maximum absolute atomic E-state index is 12.9. The molecule has 0 aliphatic carbocycles. The predicted molar refractivity (Wildman–Crippen MR) is 85.7 cm³/mol. The largest absolute Gasteiger partial charge is 0.481 e. The van der Waals surface area contributed by atoms with Crippen LogP contribution in [0.25, 0.3) is 0 Å². The predicted octanol–water partition coefficient (Wildman–Crippen LogP) is 4.24. The number of hydrogen-bond acceptors (Lipinski definition) is 2. The average Bonchev–Trinajstić information content (AvgIpc) is 2.50. The number of anilines is 1. The van der Waals surface area contributed by atoms with Crippen LogP contribution < -0.4 is 10.1 Å². The van der Waals surface area contributed by atoms with Gasteiger partial charge in [0.05, 0.1) is 0 Å². The number of rotatable bonds is 5. The Morgan fingerprint density at radius 2 is 1.82 bits per heavy atom. The first kappa shape index (κ1) is 16.0. The van der Waals surface area contributed by atoms with Crippen molar-refractivity contribution in [2.45, 2.75) is 33.3 Å². The maximum Gasteiger partial charge on any atom is 0.265 e. The Morgan fingerprint density at radius 1 is 1.14 bits per heavy atom. The molecule has 0 aliphatic rings. The van der Waals surface area contributed by atoms with Crippen molar-refractivity contribution in [3.8, 4) is 5.75 Å². The smallest absolute Gasteiger partial charge is 0.265 e. The van der Waals surface area contributed by atoms with Gasteiger partial charge in [-0.3, -0.25) is 4.79 Å². The molecule has 2 rings (SSSR count). The van der Waals surface area contributed by atoms with Crippen LogP contribution in [-0.4, -0.2) is 12.0 Å². The Labute approximate surface area is 130 Å². The minimum atomic E-state index is -0.618. The summed E-state index contributed by atoms with van der Waals surface area (Å²) in [5.74, 6) is -0.0708. The van der Waals surface area contributed by atoms with Crippen molar-refractivity contribution in [2.75, 3.05) is 5.32 Å². The maximum atomic E-state index is 12.9. The van der Waals surface area contributed by atoms with Gasteiger partial charge in [-0.15, -0.1) is 0 Å². The average molecular weight is 301 g/mol. The lowest BCUT2D eigenvalue weighted by Crippen LogP contribution is -2.32. The molecule has 0 spiro atoms. The first-order valence-electron chi connectivity index (χ1n) is 7.30. The number of ether oxygens (including phenoxy) is 1. The van der Waals surface area contributed by atoms with E-state index in [9.17, 15) is 9.18 Å². The molecule has 1 atom stereocenters. The lowest BCUT2D eigenvalue weighted by atomic mass is 10.1. The monoisotopic (exact) mass is 301 g/mol. The molecule has 0 bridgehead atoms. The summed E-state index contributed by atoms with van der Waals surface area (Å²) >= 11 is 0. The van der Waals surface area contributed by atoms with Crippen molar-refractivity contribution in [1.29, 1.82) is 0 Å². The number of carbonyl (C=O) groups is 1. The molecule has 0 heterocycles. The summed E-state index contributed by atoms with van der Waals surface area (Å²) in [6, 6.07) is 11.4. The molecule has 1 amide bonds. The van der Waals surface area contributed by atoms with E-state index in [4.69, 9.17) is 4.74 Å². The molecule has 4 heteroatoms. The Hall–Kier alpha value is -2.36. The highest BCUT2D eigenvalue weighted by atomic mass is 19.1. The zero-order valence-electron chi connectivity index (χ0n) is 13.0. The lowest BCUT2D eigenvalue weighted by Gasteiger charge is -2.17. The summed E-state index contributed by atoms with van der Waals surface area (Å²) in [6.07, 6.45) is -0.0966. The van der Waals surface area contributed by atoms with Crippen molar-refractivity contribution in [3.63, 3.8) is 0 Å². The van der Waals surface area contributed by atoms with Crippen LogP contribution in [0.15, 0.2) is 42.5 Å². The highest BCUT2D eigenvalue weighted by Gasteiger charge is 2.18. The molecule has 2 aromatic rings. The van der Waals surface area contributed by atoms with Crippen LogP contribution >= 0.6 is 0 Å². The van der Waals surface area contributed by atoms with E-state index in [1.807, 2.05) is 39.0 Å². The Balaban J connectivity index is 2.04. The fraction of sp³-hybridized carbons (Fsp3) is 0.278. The molecule has 0 aromatic heterocycles. The highest BCUT2D eigenvalue weighted by molar-refractivity contribution is 5.94. The molecule has 0 saturated heterocycles. The van der Waals surface area contributed by atoms with Gasteiger partial charge in [0.2, 0.25) is 0 Å². The van der Waals surface area contributed by atoms with E-state index in [0.717, 1.165) is 11.3 Å². The summed E-state index contributed by atoms with van der Waals surface area (Å²) < 4.78 is 18.5. The van der Waals surface area contributed by atoms with Crippen LogP contribution in [0, 0.1) is 19.7 Å². The third-order valence-electron chi connectivity index (χ3n) is 3.53. The molecule has 0 aliphatic heterocycles. The minimum absolute atomic E-state index is 0.213. The normalized spacial score (nSPS) is 11.8. The van der Waals surface area contributed by atoms with Crippen LogP contribution in [-0.2, 0) is 4.79 Å². The Kier molecular flexibility index (Phi) is 5.15. The molecular formula is C18H20FNO2. The summed E-state index contributed by atoms with van der Waals surface area (Å²) in [5, 5.41) is 2.85. The second-order valence-corrected chi connectivity index (χ2v) is 5.26. The summed E-state index contributed by atoms with van der Waals surface area (Å²) in [4.78, 5) is 12.3. The SMILES string of the molecule is CCC(Oc1ccc(F)cc1)C(=O)Nc1ccc(C)c(C)c1. The van der Waals surface area contributed by atoms with Gasteiger partial charge in [-0.2, -0.15) is 0 Å². The van der Waals surface area contributed by atoms with Crippen molar-refractivity contribution in [1.82, 2.24) is 0 Å². The summed E-state index contributed by atoms with van der Waals surface area (Å²) in [7, 11) is 0. The fourth-order valence-electron chi connectivity index (χ4n) is 2.04. The van der Waals surface area contributed by atoms with Crippen LogP contribution in [0.5, 0.6) is 5.75 Å². The van der Waals surface area contributed by atoms with E-state index >= 15 is 0 Å². The second kappa shape index (κ2) is 7.07. The molecule has 1 N–H and O–H groups in total. The van der Waals surface area contributed by atoms with Crippen molar-refractivity contribution >= 4 is 11.6 Å². The van der Waals surface area contributed by atoms with Gasteiger partial charge < -0.3 is 10.1 Å². The number of carbonyl (C=O) groups excluding carboxylic acids is 1. The molecule has 3 nitrogen and oxygen atoms in total. The number of hydrogen-bond donors (Lipinski definition) is 1. The Morgan fingerprint density at radius 3 is 2.41 bits per heavy atom. The zero-order valence-corrected chi connectivity index (χ0v) is 13.0. The van der Waals surface area contributed by atoms with Gasteiger partial charge in [0.25, 0.3) is 5.91 Å². The molecular weight excluding hydrogens is 281 g/mol. The van der Waals surface area contributed by atoms with Crippen LogP contribution in [0.4, 0.5) is 10.1 Å². The number of nitrogens with one attached hydrogen (secondary N) is 1. The molecule has 0 radical (unpaired) electrons. The first-order valence-corrected chi connectivity index (χ1v) is 7.30. The quantitative estimate of drug-likeness (QED) is 0.897. The Bertz CT molecular complexity index is 653. The number of amides is 1. The van der Waals surface area contributed by atoms with Crippen LogP contribution in [0.3, 0.4) is 0 Å². The van der Waals surface area contributed by atoms with E-state index in [1.165, 1.54) is 29.8 Å². The minimum Gasteiger partial charge on any atom is -0.481 e.